The molecule has 2 aromatic carbocycles. The highest BCUT2D eigenvalue weighted by atomic mass is 35.5. The Kier molecular flexibility index (Phi) is 5.14. The van der Waals surface area contributed by atoms with Crippen molar-refractivity contribution in [2.24, 2.45) is 5.92 Å². The van der Waals surface area contributed by atoms with Crippen molar-refractivity contribution in [1.82, 2.24) is 14.8 Å². The summed E-state index contributed by atoms with van der Waals surface area (Å²) in [6.07, 6.45) is 0. The standard InChI is InChI=1S/C19H19ClN4O/c1-13(2)18(25)24-19(21-12-14-6-4-3-5-7-14)22-17(23-24)15-8-10-16(20)11-9-15/h3-11,13H,12H2,1-2H3,(H,21,22,23). The van der Waals surface area contributed by atoms with Crippen LogP contribution in [0.25, 0.3) is 11.4 Å². The lowest BCUT2D eigenvalue weighted by Gasteiger charge is -2.08. The Balaban J connectivity index is 1.91. The average molecular weight is 355 g/mol. The summed E-state index contributed by atoms with van der Waals surface area (Å²) in [5, 5.41) is 8.25. The maximum Gasteiger partial charge on any atom is 0.252 e. The van der Waals surface area contributed by atoms with Crippen LogP contribution in [-0.2, 0) is 6.54 Å². The molecule has 0 fully saturated rings. The zero-order chi connectivity index (χ0) is 17.8. The summed E-state index contributed by atoms with van der Waals surface area (Å²) < 4.78 is 1.34. The molecule has 0 unspecified atom stereocenters. The van der Waals surface area contributed by atoms with E-state index in [1.807, 2.05) is 56.3 Å². The molecule has 6 heteroatoms. The molecule has 0 aliphatic heterocycles. The molecule has 0 amide bonds. The minimum absolute atomic E-state index is 0.108. The number of hydrogen-bond donors (Lipinski definition) is 1. The van der Waals surface area contributed by atoms with Crippen LogP contribution in [0.1, 0.15) is 24.2 Å². The highest BCUT2D eigenvalue weighted by Crippen LogP contribution is 2.21. The fraction of sp³-hybridized carbons (Fsp3) is 0.211. The van der Waals surface area contributed by atoms with Gasteiger partial charge < -0.3 is 5.32 Å². The molecule has 3 aromatic rings. The van der Waals surface area contributed by atoms with Crippen molar-refractivity contribution in [3.8, 4) is 11.4 Å². The van der Waals surface area contributed by atoms with Crippen LogP contribution < -0.4 is 5.32 Å². The first kappa shape index (κ1) is 17.2. The summed E-state index contributed by atoms with van der Waals surface area (Å²) in [7, 11) is 0. The number of rotatable bonds is 5. The van der Waals surface area contributed by atoms with Gasteiger partial charge >= 0.3 is 0 Å². The quantitative estimate of drug-likeness (QED) is 0.732. The summed E-state index contributed by atoms with van der Waals surface area (Å²) in [4.78, 5) is 17.0. The van der Waals surface area contributed by atoms with Crippen molar-refractivity contribution in [2.45, 2.75) is 20.4 Å². The van der Waals surface area contributed by atoms with Gasteiger partial charge in [-0.25, -0.2) is 0 Å². The first-order valence-electron chi connectivity index (χ1n) is 8.09. The molecule has 0 aliphatic rings. The fourth-order valence-corrected chi connectivity index (χ4v) is 2.45. The van der Waals surface area contributed by atoms with Gasteiger partial charge in [0.1, 0.15) is 0 Å². The van der Waals surface area contributed by atoms with Gasteiger partial charge in [-0.05, 0) is 29.8 Å². The fourth-order valence-electron chi connectivity index (χ4n) is 2.32. The zero-order valence-corrected chi connectivity index (χ0v) is 14.9. The normalized spacial score (nSPS) is 10.9. The van der Waals surface area contributed by atoms with Crippen molar-refractivity contribution in [2.75, 3.05) is 5.32 Å². The van der Waals surface area contributed by atoms with E-state index in [1.54, 1.807) is 12.1 Å². The molecule has 0 bridgehead atoms. The number of carbonyl (C=O) groups is 1. The number of aromatic nitrogens is 3. The number of nitrogens with one attached hydrogen (secondary N) is 1. The molecule has 1 heterocycles. The lowest BCUT2D eigenvalue weighted by atomic mass is 10.2. The zero-order valence-electron chi connectivity index (χ0n) is 14.1. The van der Waals surface area contributed by atoms with Gasteiger partial charge in [-0.15, -0.1) is 5.10 Å². The topological polar surface area (TPSA) is 59.8 Å². The van der Waals surface area contributed by atoms with Crippen molar-refractivity contribution >= 4 is 23.5 Å². The minimum Gasteiger partial charge on any atom is -0.350 e. The van der Waals surface area contributed by atoms with E-state index in [4.69, 9.17) is 11.6 Å². The van der Waals surface area contributed by atoms with Crippen LogP contribution in [0.15, 0.2) is 54.6 Å². The van der Waals surface area contributed by atoms with E-state index in [2.05, 4.69) is 15.4 Å². The predicted molar refractivity (Wildman–Crippen MR) is 99.7 cm³/mol. The Morgan fingerprint density at radius 3 is 2.44 bits per heavy atom. The van der Waals surface area contributed by atoms with Crippen molar-refractivity contribution in [3.05, 3.63) is 65.2 Å². The van der Waals surface area contributed by atoms with Crippen molar-refractivity contribution < 1.29 is 4.79 Å². The molecule has 1 N–H and O–H groups in total. The number of nitrogens with zero attached hydrogens (tertiary/aromatic N) is 3. The molecule has 128 valence electrons. The predicted octanol–water partition coefficient (Wildman–Crippen LogP) is 4.51. The molecule has 5 nitrogen and oxygen atoms in total. The summed E-state index contributed by atoms with van der Waals surface area (Å²) in [5.41, 5.74) is 1.91. The van der Waals surface area contributed by atoms with Crippen molar-refractivity contribution in [3.63, 3.8) is 0 Å². The van der Waals surface area contributed by atoms with E-state index in [0.29, 0.717) is 23.3 Å². The molecule has 0 saturated heterocycles. The van der Waals surface area contributed by atoms with E-state index in [0.717, 1.165) is 11.1 Å². The second-order valence-electron chi connectivity index (χ2n) is 6.01. The number of halogens is 1. The third-order valence-electron chi connectivity index (χ3n) is 3.71. The van der Waals surface area contributed by atoms with Gasteiger partial charge in [0.25, 0.3) is 5.91 Å². The molecule has 0 atom stereocenters. The van der Waals surface area contributed by atoms with Gasteiger partial charge in [0.2, 0.25) is 5.95 Å². The van der Waals surface area contributed by atoms with Crippen LogP contribution in [-0.4, -0.2) is 20.7 Å². The third kappa shape index (κ3) is 4.06. The van der Waals surface area contributed by atoms with E-state index in [1.165, 1.54) is 4.68 Å². The first-order valence-corrected chi connectivity index (χ1v) is 8.47. The van der Waals surface area contributed by atoms with Gasteiger partial charge in [0.05, 0.1) is 0 Å². The molecule has 3 rings (SSSR count). The Labute approximate surface area is 151 Å². The van der Waals surface area contributed by atoms with Gasteiger partial charge in [-0.2, -0.15) is 9.67 Å². The van der Waals surface area contributed by atoms with Crippen LogP contribution in [0.3, 0.4) is 0 Å². The largest absolute Gasteiger partial charge is 0.350 e. The molecule has 0 radical (unpaired) electrons. The second kappa shape index (κ2) is 7.49. The second-order valence-corrected chi connectivity index (χ2v) is 6.45. The maximum absolute atomic E-state index is 12.5. The summed E-state index contributed by atoms with van der Waals surface area (Å²) >= 11 is 5.93. The maximum atomic E-state index is 12.5. The van der Waals surface area contributed by atoms with E-state index >= 15 is 0 Å². The lowest BCUT2D eigenvalue weighted by Crippen LogP contribution is -2.21. The molecular formula is C19H19ClN4O. The van der Waals surface area contributed by atoms with Crippen LogP contribution in [0.5, 0.6) is 0 Å². The molecule has 0 aliphatic carbocycles. The van der Waals surface area contributed by atoms with Crippen LogP contribution in [0.4, 0.5) is 5.95 Å². The Morgan fingerprint density at radius 1 is 1.12 bits per heavy atom. The summed E-state index contributed by atoms with van der Waals surface area (Å²) in [6.45, 7) is 4.24. The van der Waals surface area contributed by atoms with E-state index in [9.17, 15) is 4.79 Å². The molecular weight excluding hydrogens is 336 g/mol. The smallest absolute Gasteiger partial charge is 0.252 e. The van der Waals surface area contributed by atoms with Gasteiger partial charge in [-0.3, -0.25) is 4.79 Å². The molecule has 1 aromatic heterocycles. The molecule has 0 spiro atoms. The number of benzene rings is 2. The first-order chi connectivity index (χ1) is 12.0. The lowest BCUT2D eigenvalue weighted by molar-refractivity contribution is 0.0841. The summed E-state index contributed by atoms with van der Waals surface area (Å²) in [5.74, 6) is 0.633. The van der Waals surface area contributed by atoms with E-state index in [-0.39, 0.29) is 11.8 Å². The van der Waals surface area contributed by atoms with E-state index < -0.39 is 0 Å². The Hall–Kier alpha value is -2.66. The highest BCUT2D eigenvalue weighted by Gasteiger charge is 2.19. The SMILES string of the molecule is CC(C)C(=O)n1nc(-c2ccc(Cl)cc2)nc1NCc1ccccc1. The number of anilines is 1. The van der Waals surface area contributed by atoms with Crippen LogP contribution >= 0.6 is 11.6 Å². The Bertz CT molecular complexity index is 857. The van der Waals surface area contributed by atoms with Crippen LogP contribution in [0, 0.1) is 5.92 Å². The average Bonchev–Trinajstić information content (AvgIpc) is 3.05. The van der Waals surface area contributed by atoms with Gasteiger partial charge in [0.15, 0.2) is 5.82 Å². The monoisotopic (exact) mass is 354 g/mol. The minimum atomic E-state index is -0.183. The molecule has 25 heavy (non-hydrogen) atoms. The number of carbonyl (C=O) groups excluding carboxylic acids is 1. The third-order valence-corrected chi connectivity index (χ3v) is 3.96. The van der Waals surface area contributed by atoms with Gasteiger partial charge in [-0.1, -0.05) is 55.8 Å². The Morgan fingerprint density at radius 2 is 1.80 bits per heavy atom. The van der Waals surface area contributed by atoms with Crippen molar-refractivity contribution in [1.29, 1.82) is 0 Å². The van der Waals surface area contributed by atoms with Crippen LogP contribution in [0.2, 0.25) is 5.02 Å². The van der Waals surface area contributed by atoms with Gasteiger partial charge in [0, 0.05) is 23.0 Å². The summed E-state index contributed by atoms with van der Waals surface area (Å²) in [6, 6.07) is 17.2. The number of hydrogen-bond acceptors (Lipinski definition) is 4. The highest BCUT2D eigenvalue weighted by molar-refractivity contribution is 6.30. The molecule has 0 saturated carbocycles.